The summed E-state index contributed by atoms with van der Waals surface area (Å²) in [6.07, 6.45) is 16.2. The molecule has 0 aromatic carbocycles. The maximum atomic E-state index is 12.2. The van der Waals surface area contributed by atoms with Crippen LogP contribution >= 0.6 is 47.0 Å². The molecule has 0 amide bonds. The van der Waals surface area contributed by atoms with Gasteiger partial charge in [-0.2, -0.15) is 15.0 Å². The highest BCUT2D eigenvalue weighted by atomic mass is 35.5. The lowest BCUT2D eigenvalue weighted by atomic mass is 9.55. The van der Waals surface area contributed by atoms with E-state index in [0.717, 1.165) is 141 Å². The molecule has 22 nitrogen and oxygen atoms in total. The van der Waals surface area contributed by atoms with Crippen molar-refractivity contribution in [1.82, 2.24) is 49.8 Å². The first-order chi connectivity index (χ1) is 47.8. The fourth-order valence-corrected chi connectivity index (χ4v) is 21.9. The van der Waals surface area contributed by atoms with E-state index in [1.54, 1.807) is 21.3 Å². The minimum Gasteiger partial charge on any atom is -0.481 e. The Morgan fingerprint density at radius 3 is 1.24 bits per heavy atom. The second kappa shape index (κ2) is 33.2. The van der Waals surface area contributed by atoms with Crippen molar-refractivity contribution in [2.75, 3.05) is 34.5 Å². The molecule has 5 saturated carbocycles. The maximum Gasteiger partial charge on any atom is 0.325 e. The Kier molecular flexibility index (Phi) is 27.3. The molecule has 5 aromatic rings. The van der Waals surface area contributed by atoms with Gasteiger partial charge in [-0.3, -0.25) is 38.7 Å². The number of aromatic amines is 4. The summed E-state index contributed by atoms with van der Waals surface area (Å²) < 4.78 is 28.4. The minimum absolute atomic E-state index is 0. The van der Waals surface area contributed by atoms with Gasteiger partial charge in [0.2, 0.25) is 22.3 Å². The molecule has 1 saturated heterocycles. The molecule has 1 spiro atoms. The molecule has 5 aromatic heterocycles. The summed E-state index contributed by atoms with van der Waals surface area (Å²) in [6.45, 7) is 22.7. The number of fused-ring (bicyclic) bond motifs is 15. The van der Waals surface area contributed by atoms with E-state index < -0.39 is 11.5 Å². The Bertz CT molecular complexity index is 4370. The van der Waals surface area contributed by atoms with Gasteiger partial charge in [0.1, 0.15) is 28.3 Å². The molecule has 0 radical (unpaired) electrons. The number of rotatable bonds is 3. The van der Waals surface area contributed by atoms with Crippen molar-refractivity contribution >= 4 is 70.2 Å². The van der Waals surface area contributed by atoms with E-state index in [0.29, 0.717) is 138 Å². The van der Waals surface area contributed by atoms with Crippen molar-refractivity contribution in [3.8, 4) is 17.8 Å². The molecule has 586 valence electrons. The van der Waals surface area contributed by atoms with E-state index >= 15 is 0 Å². The van der Waals surface area contributed by atoms with Gasteiger partial charge in [-0.15, -0.1) is 0 Å². The minimum atomic E-state index is -0.449. The average Bonchev–Trinajstić information content (AvgIpc) is 1.28. The molecule has 1 aliphatic heterocycles. The van der Waals surface area contributed by atoms with Crippen molar-refractivity contribution in [1.29, 1.82) is 0 Å². The fourth-order valence-electron chi connectivity index (χ4n) is 21.0. The second-order valence-electron chi connectivity index (χ2n) is 31.6. The average molecular weight is 1550 g/mol. The smallest absolute Gasteiger partial charge is 0.325 e. The topological polar surface area (TPSA) is 306 Å². The molecule has 0 unspecified atom stereocenters. The van der Waals surface area contributed by atoms with E-state index in [-0.39, 0.29) is 115 Å². The number of hydrogen-bond acceptors (Lipinski definition) is 19. The number of hydrogen-bond donors (Lipinski definition) is 4. The molecule has 26 heteroatoms. The molecule has 15 atom stereocenters. The van der Waals surface area contributed by atoms with Crippen LogP contribution in [-0.4, -0.2) is 113 Å². The van der Waals surface area contributed by atoms with E-state index in [9.17, 15) is 33.6 Å². The van der Waals surface area contributed by atoms with Crippen molar-refractivity contribution in [2.45, 2.75) is 268 Å². The summed E-state index contributed by atoms with van der Waals surface area (Å²) >= 11 is 23.4. The van der Waals surface area contributed by atoms with E-state index in [1.165, 1.54) is 0 Å². The summed E-state index contributed by atoms with van der Waals surface area (Å²) in [4.78, 5) is 121. The summed E-state index contributed by atoms with van der Waals surface area (Å²) in [6, 6.07) is 0.344. The molecule has 6 fully saturated rings. The number of aromatic nitrogens is 10. The lowest BCUT2D eigenvalue weighted by Crippen LogP contribution is -2.56. The van der Waals surface area contributed by atoms with Crippen molar-refractivity contribution < 1.29 is 42.9 Å². The number of ketones is 4. The molecule has 10 aliphatic carbocycles. The summed E-state index contributed by atoms with van der Waals surface area (Å²) in [5.41, 5.74) is 8.16. The van der Waals surface area contributed by atoms with E-state index in [2.05, 4.69) is 105 Å². The highest BCUT2D eigenvalue weighted by molar-refractivity contribution is 7.71. The van der Waals surface area contributed by atoms with Gasteiger partial charge < -0.3 is 33.7 Å². The largest absolute Gasteiger partial charge is 0.481 e. The third-order valence-corrected chi connectivity index (χ3v) is 27.8. The molecule has 16 rings (SSSR count). The molecule has 6 heterocycles. The molecule has 4 N–H and O–H groups in total. The number of H-pyrrole nitrogens is 4. The van der Waals surface area contributed by atoms with Crippen LogP contribution in [0.3, 0.4) is 0 Å². The fraction of sp³-hybridized carbons (Fsp3) is 0.700. The number of nitrogens with zero attached hydrogens (tertiary/aromatic N) is 6. The summed E-state index contributed by atoms with van der Waals surface area (Å²) in [7, 11) is 4.81. The standard InChI is InChI=1S/C16H22N2O3S.C16H22N2O3.C15H19ClN2O2.C14H16Cl2N2O.C14H18N2O3.5CH4/c1-9-11-4-3-10-12(17-14(22)18-13(10)19)15(11,2)5-6-16(9)20-7-8-21-16;1-9-11-6-5-10-13(16(11,2)8-7-12(9)19)17-15(21-4)18-14(10)20-3;1-8-10-5-4-9-12(15(10,2)7-6-11(8)19)17-14(16)18-13(9)20-3;1-7-9-4-3-8-11(17-13(16)18-12(8)15)14(9,2)6-5-10(7)19;1-7-9-4-3-8-11(15-13(19)16-12(8)18)14(9,2)6-5-10(7)17;;;;;/h9,11H,3-8H2,1-2H3,(H2,17,18,19,22);9,11H,5-8H2,1-4H3;8,10H,4-7H2,1-3H3;7,9H,3-6H2,1-2H3;7,9H,3-6H2,1-2H3,(H2,15,16,18,19);5*1H4/t9-,11-,15-;9-,11-,16-;8-,10-,15-;2*7-,9-,14-;;;;;/m00000...../s1. The molecule has 0 bridgehead atoms. The van der Waals surface area contributed by atoms with Crippen LogP contribution in [0.25, 0.3) is 0 Å². The number of ether oxygens (including phenoxy) is 5. The van der Waals surface area contributed by atoms with E-state index in [1.807, 2.05) is 13.8 Å². The molecular weight excluding hydrogens is 1430 g/mol. The van der Waals surface area contributed by atoms with Crippen LogP contribution in [0.5, 0.6) is 17.8 Å². The predicted octanol–water partition coefficient (Wildman–Crippen LogP) is 15.4. The van der Waals surface area contributed by atoms with Gasteiger partial charge >= 0.3 is 11.7 Å². The molecule has 11 aliphatic rings. The van der Waals surface area contributed by atoms with Crippen LogP contribution in [0.2, 0.25) is 15.7 Å². The summed E-state index contributed by atoms with van der Waals surface area (Å²) in [5.74, 6) is 4.50. The van der Waals surface area contributed by atoms with E-state index in [4.69, 9.17) is 70.7 Å². The van der Waals surface area contributed by atoms with Gasteiger partial charge in [0, 0.05) is 128 Å². The van der Waals surface area contributed by atoms with Gasteiger partial charge in [-0.25, -0.2) is 19.7 Å². The third kappa shape index (κ3) is 15.1. The zero-order valence-corrected chi connectivity index (χ0v) is 63.5. The SMILES string of the molecule is C.C.C.C.C.COc1nc(Cl)nc2c1CC[C@H]1[C@H](C)C(=O)CC[C@]21C.COc1nc(OC)c2c(n1)[C@@]1(C)CCC(=O)[C@@H](C)[C@@H]1CC2.C[C@@H]1C(=O)CC[C@]2(C)c3[nH]c(=O)[nH]c(=O)c3CC[C@@H]12.C[C@@H]1C(=O)CC[C@]2(C)c3nc(Cl)nc(Cl)c3CC[C@@H]12.C[C@H]1[C@@H]2CCc3c([nH]c(=S)[nH]c3=O)[C@@]2(C)CCC12OCCO2. The Hall–Kier alpha value is -6.11. The first kappa shape index (κ1) is 87.1. The molecule has 106 heavy (non-hydrogen) atoms. The van der Waals surface area contributed by atoms with Crippen LogP contribution in [0.15, 0.2) is 14.4 Å². The van der Waals surface area contributed by atoms with Gasteiger partial charge in [-0.1, -0.05) is 118 Å². The number of Topliss-reactive ketones (excluding diaryl/α,β-unsaturated/α-hetero) is 4. The van der Waals surface area contributed by atoms with Gasteiger partial charge in [0.15, 0.2) is 10.6 Å². The highest BCUT2D eigenvalue weighted by Gasteiger charge is 2.59. The number of nitrogens with one attached hydrogen (secondary N) is 4. The zero-order chi connectivity index (χ0) is 72.8. The first-order valence-electron chi connectivity index (χ1n) is 36.2. The Morgan fingerprint density at radius 2 is 0.774 bits per heavy atom. The van der Waals surface area contributed by atoms with Gasteiger partial charge in [0.05, 0.1) is 51.6 Å². The Balaban J connectivity index is 0.000000183. The zero-order valence-electron chi connectivity index (χ0n) is 60.5. The number of methoxy groups -OCH3 is 3. The van der Waals surface area contributed by atoms with Crippen molar-refractivity contribution in [3.63, 3.8) is 0 Å². The Labute approximate surface area is 646 Å². The van der Waals surface area contributed by atoms with Crippen LogP contribution in [0.4, 0.5) is 0 Å². The monoisotopic (exact) mass is 1550 g/mol. The maximum absolute atomic E-state index is 12.2. The van der Waals surface area contributed by atoms with Gasteiger partial charge in [-0.05, 0) is 161 Å². The van der Waals surface area contributed by atoms with Crippen molar-refractivity contribution in [2.24, 2.45) is 59.2 Å². The number of halogens is 3. The van der Waals surface area contributed by atoms with Crippen LogP contribution in [0, 0.1) is 64.0 Å². The van der Waals surface area contributed by atoms with Crippen LogP contribution in [-0.2, 0) is 87.8 Å². The van der Waals surface area contributed by atoms with Crippen LogP contribution < -0.4 is 31.0 Å². The lowest BCUT2D eigenvalue weighted by Gasteiger charge is -2.54. The first-order valence-corrected chi connectivity index (χ1v) is 37.8. The van der Waals surface area contributed by atoms with Crippen LogP contribution in [0.1, 0.15) is 259 Å². The normalized spacial score (nSPS) is 31.9. The Morgan fingerprint density at radius 1 is 0.406 bits per heavy atom. The van der Waals surface area contributed by atoms with Gasteiger partial charge in [0.25, 0.3) is 11.1 Å². The predicted molar refractivity (Wildman–Crippen MR) is 417 cm³/mol. The quantitative estimate of drug-likeness (QED) is 0.0741. The lowest BCUT2D eigenvalue weighted by molar-refractivity contribution is -0.234. The third-order valence-electron chi connectivity index (χ3n) is 26.9. The summed E-state index contributed by atoms with van der Waals surface area (Å²) in [5, 5.41) is 0.904. The highest BCUT2D eigenvalue weighted by Crippen LogP contribution is 2.58. The number of carbonyl (C=O) groups is 4. The van der Waals surface area contributed by atoms with Crippen molar-refractivity contribution in [3.05, 3.63) is 108 Å². The molecular formula is C80H117Cl3N10O12S. The number of carbonyl (C=O) groups excluding carboxylic acids is 4. The second-order valence-corrected chi connectivity index (χ2v) is 33.1.